The molecule has 0 radical (unpaired) electrons. The number of phosphoric ester groups is 1. The third-order valence-corrected chi connectivity index (χ3v) is 13.9. The molecule has 0 spiro atoms. The number of hydrogen-bond donors (Lipinski definition) is 1. The van der Waals surface area contributed by atoms with Crippen LogP contribution in [0.15, 0.2) is 0 Å². The second kappa shape index (κ2) is 48.1. The number of unbranched alkanes of at least 4 members (excludes halogenated alkanes) is 39. The summed E-state index contributed by atoms with van der Waals surface area (Å²) in [6, 6.07) is 0. The molecule has 0 saturated heterocycles. The summed E-state index contributed by atoms with van der Waals surface area (Å²) in [5, 5.41) is 0. The summed E-state index contributed by atoms with van der Waals surface area (Å²) < 4.78 is 34.2. The van der Waals surface area contributed by atoms with E-state index in [0.29, 0.717) is 11.0 Å². The first-order chi connectivity index (χ1) is 31.5. The van der Waals surface area contributed by atoms with Crippen molar-refractivity contribution in [1.29, 1.82) is 0 Å². The number of ether oxygens (including phenoxy) is 2. The highest BCUT2D eigenvalue weighted by Gasteiger charge is 2.27. The number of likely N-dealkylation sites (N-methyl/N-ethyl adjacent to an activating group) is 1. The van der Waals surface area contributed by atoms with Gasteiger partial charge in [-0.2, -0.15) is 0 Å². The van der Waals surface area contributed by atoms with Crippen LogP contribution in [0.4, 0.5) is 0 Å². The van der Waals surface area contributed by atoms with Gasteiger partial charge in [-0.25, -0.2) is 4.57 Å². The molecule has 0 aliphatic rings. The lowest BCUT2D eigenvalue weighted by atomic mass is 10.0. The predicted octanol–water partition coefficient (Wildman–Crippen LogP) is 17.1. The van der Waals surface area contributed by atoms with E-state index in [1.165, 1.54) is 212 Å². The summed E-state index contributed by atoms with van der Waals surface area (Å²) >= 11 is 0. The van der Waals surface area contributed by atoms with Crippen molar-refractivity contribution in [2.24, 2.45) is 0 Å². The molecule has 0 aliphatic carbocycles. The Morgan fingerprint density at radius 1 is 0.415 bits per heavy atom. The zero-order chi connectivity index (χ0) is 47.8. The third-order valence-electron chi connectivity index (χ3n) is 12.9. The molecule has 2 atom stereocenters. The van der Waals surface area contributed by atoms with Crippen LogP contribution < -0.4 is 0 Å². The Hall–Kier alpha value is -0.990. The van der Waals surface area contributed by atoms with Gasteiger partial charge in [0.2, 0.25) is 0 Å². The second-order valence-electron chi connectivity index (χ2n) is 20.7. The van der Waals surface area contributed by atoms with Crippen LogP contribution in [-0.2, 0) is 32.7 Å². The van der Waals surface area contributed by atoms with Crippen LogP contribution in [0.5, 0.6) is 0 Å². The van der Waals surface area contributed by atoms with Gasteiger partial charge in [0, 0.05) is 12.8 Å². The normalized spacial score (nSPS) is 13.3. The maximum Gasteiger partial charge on any atom is 0.472 e. The lowest BCUT2D eigenvalue weighted by Crippen LogP contribution is -2.37. The summed E-state index contributed by atoms with van der Waals surface area (Å²) in [6.07, 6.45) is 54.1. The van der Waals surface area contributed by atoms with Crippen molar-refractivity contribution < 1.29 is 42.1 Å². The smallest absolute Gasteiger partial charge is 0.462 e. The first kappa shape index (κ1) is 64.0. The van der Waals surface area contributed by atoms with Crippen molar-refractivity contribution in [3.8, 4) is 0 Å². The zero-order valence-corrected chi connectivity index (χ0v) is 44.9. The Morgan fingerprint density at radius 3 is 0.985 bits per heavy atom. The number of hydrogen-bond acceptors (Lipinski definition) is 7. The van der Waals surface area contributed by atoms with Gasteiger partial charge in [-0.3, -0.25) is 18.6 Å². The van der Waals surface area contributed by atoms with E-state index in [2.05, 4.69) is 13.8 Å². The minimum absolute atomic E-state index is 0.0362. The molecule has 0 bridgehead atoms. The molecule has 9 nitrogen and oxygen atoms in total. The number of phosphoric acid groups is 1. The van der Waals surface area contributed by atoms with Crippen molar-refractivity contribution >= 4 is 19.8 Å². The minimum Gasteiger partial charge on any atom is -0.462 e. The Kier molecular flexibility index (Phi) is 47.3. The highest BCUT2D eigenvalue weighted by molar-refractivity contribution is 7.47. The van der Waals surface area contributed by atoms with Gasteiger partial charge in [0.05, 0.1) is 27.7 Å². The van der Waals surface area contributed by atoms with E-state index >= 15 is 0 Å². The van der Waals surface area contributed by atoms with Crippen molar-refractivity contribution in [3.05, 3.63) is 0 Å². The van der Waals surface area contributed by atoms with E-state index in [-0.39, 0.29) is 32.0 Å². The monoisotopic (exact) mass is 945 g/mol. The number of carbonyl (C=O) groups is 2. The molecule has 0 rings (SSSR count). The molecule has 0 aromatic carbocycles. The molecule has 0 aromatic heterocycles. The topological polar surface area (TPSA) is 108 Å². The molecule has 0 saturated carbocycles. The maximum absolute atomic E-state index is 12.7. The maximum atomic E-state index is 12.7. The Balaban J connectivity index is 3.71. The van der Waals surface area contributed by atoms with Crippen molar-refractivity contribution in [3.63, 3.8) is 0 Å². The van der Waals surface area contributed by atoms with Gasteiger partial charge >= 0.3 is 19.8 Å². The average Bonchev–Trinajstić information content (AvgIpc) is 3.26. The van der Waals surface area contributed by atoms with Gasteiger partial charge in [-0.15, -0.1) is 0 Å². The fraction of sp³-hybridized carbons (Fsp3) is 0.964. The van der Waals surface area contributed by atoms with Crippen molar-refractivity contribution in [2.45, 2.75) is 296 Å². The van der Waals surface area contributed by atoms with Gasteiger partial charge in [0.15, 0.2) is 6.10 Å². The molecule has 0 aliphatic heterocycles. The van der Waals surface area contributed by atoms with E-state index in [1.807, 2.05) is 21.1 Å². The van der Waals surface area contributed by atoms with Crippen LogP contribution in [0.1, 0.15) is 290 Å². The third kappa shape index (κ3) is 52.2. The summed E-state index contributed by atoms with van der Waals surface area (Å²) in [5.41, 5.74) is 0. The molecule has 2 unspecified atom stereocenters. The Morgan fingerprint density at radius 2 is 0.692 bits per heavy atom. The molecule has 0 aromatic rings. The quantitative estimate of drug-likeness (QED) is 0.0278. The molecule has 0 heterocycles. The number of esters is 2. The zero-order valence-electron chi connectivity index (χ0n) is 44.0. The van der Waals surface area contributed by atoms with E-state index in [1.54, 1.807) is 0 Å². The van der Waals surface area contributed by atoms with E-state index < -0.39 is 26.5 Å². The van der Waals surface area contributed by atoms with E-state index in [0.717, 1.165) is 51.4 Å². The first-order valence-corrected chi connectivity index (χ1v) is 29.8. The lowest BCUT2D eigenvalue weighted by Gasteiger charge is -2.24. The average molecular weight is 945 g/mol. The standard InChI is InChI=1S/C55H110NO8P/c1-6-8-10-12-13-14-15-16-17-18-19-20-21-22-23-24-25-26-27-28-29-30-31-32-33-34-35-36-37-38-39-40-41-42-44-46-48-55(58)64-53(51-61-54(57)47-45-43-11-9-7-2)52-63-65(59,60)62-50-49-56(3,4)5/h53H,6-52H2,1-5H3/p+1. The SMILES string of the molecule is CCCCCCCCCCCCCCCCCCCCCCCCCCCCCCCCCCCCCCC(=O)OC(COC(=O)CCCCCCC)COP(=O)(O)OCC[N+](C)(C)C. The highest BCUT2D eigenvalue weighted by Crippen LogP contribution is 2.43. The molecular formula is C55H111NO8P+. The largest absolute Gasteiger partial charge is 0.472 e. The first-order valence-electron chi connectivity index (χ1n) is 28.3. The predicted molar refractivity (Wildman–Crippen MR) is 275 cm³/mol. The van der Waals surface area contributed by atoms with Crippen LogP contribution in [0.3, 0.4) is 0 Å². The Bertz CT molecular complexity index is 1070. The van der Waals surface area contributed by atoms with E-state index in [4.69, 9.17) is 18.5 Å². The summed E-state index contributed by atoms with van der Waals surface area (Å²) in [5.74, 6) is -0.796. The number of rotatable bonds is 53. The summed E-state index contributed by atoms with van der Waals surface area (Å²) in [7, 11) is 1.49. The molecule has 1 N–H and O–H groups in total. The van der Waals surface area contributed by atoms with Gasteiger partial charge in [0.25, 0.3) is 0 Å². The molecule has 0 fully saturated rings. The van der Waals surface area contributed by atoms with Gasteiger partial charge in [-0.05, 0) is 12.8 Å². The second-order valence-corrected chi connectivity index (χ2v) is 22.1. The van der Waals surface area contributed by atoms with Crippen LogP contribution in [0.25, 0.3) is 0 Å². The number of carbonyl (C=O) groups excluding carboxylic acids is 2. The van der Waals surface area contributed by atoms with Gasteiger partial charge in [0.1, 0.15) is 19.8 Å². The fourth-order valence-corrected chi connectivity index (χ4v) is 9.23. The molecule has 65 heavy (non-hydrogen) atoms. The number of nitrogens with zero attached hydrogens (tertiary/aromatic N) is 1. The summed E-state index contributed by atoms with van der Waals surface area (Å²) in [4.78, 5) is 35.1. The molecule has 10 heteroatoms. The lowest BCUT2D eigenvalue weighted by molar-refractivity contribution is -0.870. The van der Waals surface area contributed by atoms with E-state index in [9.17, 15) is 19.0 Å². The minimum atomic E-state index is -4.36. The van der Waals surface area contributed by atoms with Crippen LogP contribution >= 0.6 is 7.82 Å². The van der Waals surface area contributed by atoms with Crippen molar-refractivity contribution in [1.82, 2.24) is 0 Å². The van der Waals surface area contributed by atoms with Crippen LogP contribution in [0, 0.1) is 0 Å². The van der Waals surface area contributed by atoms with Crippen LogP contribution in [0.2, 0.25) is 0 Å². The molecule has 0 amide bonds. The highest BCUT2D eigenvalue weighted by atomic mass is 31.2. The van der Waals surface area contributed by atoms with Crippen LogP contribution in [-0.4, -0.2) is 74.9 Å². The summed E-state index contributed by atoms with van der Waals surface area (Å²) in [6.45, 7) is 4.38. The van der Waals surface area contributed by atoms with Gasteiger partial charge in [-0.1, -0.05) is 264 Å². The molecule has 388 valence electrons. The Labute approximate surface area is 404 Å². The number of quaternary nitrogens is 1. The molecular weight excluding hydrogens is 834 g/mol. The van der Waals surface area contributed by atoms with Crippen molar-refractivity contribution in [2.75, 3.05) is 47.5 Å². The van der Waals surface area contributed by atoms with Gasteiger partial charge < -0.3 is 18.9 Å². The fourth-order valence-electron chi connectivity index (χ4n) is 8.49.